The average Bonchev–Trinajstić information content (AvgIpc) is 3.60. The summed E-state index contributed by atoms with van der Waals surface area (Å²) >= 11 is 0. The third kappa shape index (κ3) is 8.36. The molecule has 0 bridgehead atoms. The summed E-state index contributed by atoms with van der Waals surface area (Å²) in [6.45, 7) is 6.62. The van der Waals surface area contributed by atoms with Gasteiger partial charge < -0.3 is 35.2 Å². The van der Waals surface area contributed by atoms with Crippen molar-refractivity contribution in [2.75, 3.05) is 13.7 Å². The molecule has 216 valence electrons. The normalized spacial score (nSPS) is 17.6. The summed E-state index contributed by atoms with van der Waals surface area (Å²) in [5.41, 5.74) is 0.161. The van der Waals surface area contributed by atoms with Crippen molar-refractivity contribution in [2.45, 2.75) is 64.3 Å². The van der Waals surface area contributed by atoms with Crippen LogP contribution in [0.3, 0.4) is 0 Å². The summed E-state index contributed by atoms with van der Waals surface area (Å²) in [6.07, 6.45) is -0.145. The molecule has 3 rings (SSSR count). The second kappa shape index (κ2) is 12.7. The highest BCUT2D eigenvalue weighted by atomic mass is 16.6. The quantitative estimate of drug-likeness (QED) is 0.326. The first-order valence-corrected chi connectivity index (χ1v) is 13.0. The molecule has 1 saturated carbocycles. The minimum absolute atomic E-state index is 0.0476. The first kappa shape index (κ1) is 30.3. The summed E-state index contributed by atoms with van der Waals surface area (Å²) in [5.74, 6) is -1.86. The molecule has 11 nitrogen and oxygen atoms in total. The van der Waals surface area contributed by atoms with Gasteiger partial charge in [-0.25, -0.2) is 4.79 Å². The van der Waals surface area contributed by atoms with Crippen LogP contribution >= 0.6 is 0 Å². The number of carbonyl (C=O) groups excluding carboxylic acids is 4. The number of aromatic hydroxyl groups is 2. The van der Waals surface area contributed by atoms with Gasteiger partial charge in [0.1, 0.15) is 35.7 Å². The van der Waals surface area contributed by atoms with E-state index in [-0.39, 0.29) is 29.9 Å². The molecule has 4 atom stereocenters. The second-order valence-corrected chi connectivity index (χ2v) is 10.9. The van der Waals surface area contributed by atoms with E-state index < -0.39 is 48.1 Å². The predicted octanol–water partition coefficient (Wildman–Crippen LogP) is 2.80. The molecule has 11 heteroatoms. The van der Waals surface area contributed by atoms with Crippen LogP contribution in [0.15, 0.2) is 48.5 Å². The number of rotatable bonds is 10. The number of phenolic OH excluding ortho intramolecular Hbond substituents is 2. The van der Waals surface area contributed by atoms with Gasteiger partial charge in [0.05, 0.1) is 7.11 Å². The fourth-order valence-electron chi connectivity index (χ4n) is 4.33. The zero-order valence-electron chi connectivity index (χ0n) is 23.3. The van der Waals surface area contributed by atoms with Crippen LogP contribution in [0.25, 0.3) is 0 Å². The Bertz CT molecular complexity index is 1220. The number of hydrogen-bond donors (Lipinski definition) is 4. The zero-order valence-corrected chi connectivity index (χ0v) is 23.3. The van der Waals surface area contributed by atoms with Crippen LogP contribution in [0.5, 0.6) is 11.5 Å². The second-order valence-electron chi connectivity index (χ2n) is 10.9. The van der Waals surface area contributed by atoms with E-state index in [0.29, 0.717) is 17.5 Å². The highest BCUT2D eigenvalue weighted by molar-refractivity contribution is 5.93. The number of esters is 1. The molecular weight excluding hydrogens is 518 g/mol. The van der Waals surface area contributed by atoms with E-state index in [2.05, 4.69) is 15.4 Å². The molecule has 4 N–H and O–H groups in total. The summed E-state index contributed by atoms with van der Waals surface area (Å²) in [7, 11) is 1.19. The lowest BCUT2D eigenvalue weighted by molar-refractivity contribution is -0.145. The lowest BCUT2D eigenvalue weighted by Crippen LogP contribution is -2.55. The van der Waals surface area contributed by atoms with E-state index in [1.54, 1.807) is 45.0 Å². The third-order valence-corrected chi connectivity index (χ3v) is 6.39. The van der Waals surface area contributed by atoms with Gasteiger partial charge in [0.25, 0.3) is 0 Å². The van der Waals surface area contributed by atoms with Gasteiger partial charge in [0, 0.05) is 12.5 Å². The Morgan fingerprint density at radius 1 is 1.05 bits per heavy atom. The first-order chi connectivity index (χ1) is 18.8. The van der Waals surface area contributed by atoms with E-state index in [1.807, 2.05) is 6.92 Å². The van der Waals surface area contributed by atoms with Crippen molar-refractivity contribution in [3.63, 3.8) is 0 Å². The standard InChI is InChI=1S/C29H37N3O8/c1-17-13-23(17)32(25(19-7-6-8-21(34)15-19)26(36)30-16-24(35)39-5)27(37)22(31-28(38)40-29(2,3)4)14-18-9-11-20(33)12-10-18/h6-12,15,17,22-23,25,33-34H,13-14,16H2,1-5H3,(H,30,36)(H,31,38). The van der Waals surface area contributed by atoms with E-state index >= 15 is 0 Å². The molecular formula is C29H37N3O8. The van der Waals surface area contributed by atoms with Crippen LogP contribution in [0.2, 0.25) is 0 Å². The zero-order chi connectivity index (χ0) is 29.6. The van der Waals surface area contributed by atoms with Crippen molar-refractivity contribution >= 4 is 23.9 Å². The van der Waals surface area contributed by atoms with Gasteiger partial charge in [-0.05, 0) is 68.5 Å². The lowest BCUT2D eigenvalue weighted by atomic mass is 9.99. The highest BCUT2D eigenvalue weighted by Gasteiger charge is 2.48. The molecule has 3 amide bonds. The largest absolute Gasteiger partial charge is 0.508 e. The summed E-state index contributed by atoms with van der Waals surface area (Å²) in [5, 5.41) is 25.1. The van der Waals surface area contributed by atoms with Gasteiger partial charge >= 0.3 is 12.1 Å². The Kier molecular flexibility index (Phi) is 9.62. The summed E-state index contributed by atoms with van der Waals surface area (Å²) in [4.78, 5) is 53.9. The van der Waals surface area contributed by atoms with Crippen LogP contribution < -0.4 is 10.6 Å². The number of hydrogen-bond acceptors (Lipinski definition) is 8. The van der Waals surface area contributed by atoms with Crippen LogP contribution in [0.4, 0.5) is 4.79 Å². The molecule has 2 aromatic carbocycles. The minimum atomic E-state index is -1.22. The monoisotopic (exact) mass is 555 g/mol. The van der Waals surface area contributed by atoms with Crippen molar-refractivity contribution < 1.29 is 38.9 Å². The van der Waals surface area contributed by atoms with Gasteiger partial charge in [-0.1, -0.05) is 31.2 Å². The molecule has 2 aromatic rings. The van der Waals surface area contributed by atoms with Crippen molar-refractivity contribution in [3.05, 3.63) is 59.7 Å². The average molecular weight is 556 g/mol. The maximum Gasteiger partial charge on any atom is 0.408 e. The molecule has 0 heterocycles. The number of nitrogens with one attached hydrogen (secondary N) is 2. The Labute approximate surface area is 233 Å². The number of alkyl carbamates (subject to hydrolysis) is 1. The summed E-state index contributed by atoms with van der Waals surface area (Å²) < 4.78 is 10.0. The fraction of sp³-hybridized carbons (Fsp3) is 0.448. The first-order valence-electron chi connectivity index (χ1n) is 13.0. The maximum absolute atomic E-state index is 14.3. The smallest absolute Gasteiger partial charge is 0.408 e. The molecule has 0 aromatic heterocycles. The molecule has 1 aliphatic rings. The number of methoxy groups -OCH3 is 1. The van der Waals surface area contributed by atoms with E-state index in [1.165, 1.54) is 36.3 Å². The van der Waals surface area contributed by atoms with Crippen LogP contribution in [0, 0.1) is 5.92 Å². The Hall–Kier alpha value is -4.28. The van der Waals surface area contributed by atoms with Gasteiger partial charge in [0.2, 0.25) is 11.8 Å². The maximum atomic E-state index is 14.3. The number of benzene rings is 2. The van der Waals surface area contributed by atoms with Crippen molar-refractivity contribution in [2.24, 2.45) is 5.92 Å². The Balaban J connectivity index is 2.03. The lowest BCUT2D eigenvalue weighted by Gasteiger charge is -2.35. The number of phenols is 2. The number of ether oxygens (including phenoxy) is 2. The minimum Gasteiger partial charge on any atom is -0.508 e. The number of amides is 3. The third-order valence-electron chi connectivity index (χ3n) is 6.39. The SMILES string of the molecule is COC(=O)CNC(=O)C(c1cccc(O)c1)N(C(=O)C(Cc1ccc(O)cc1)NC(=O)OC(C)(C)C)C1CC1C. The van der Waals surface area contributed by atoms with Gasteiger partial charge in [-0.15, -0.1) is 0 Å². The predicted molar refractivity (Wildman–Crippen MR) is 145 cm³/mol. The van der Waals surface area contributed by atoms with Gasteiger partial charge in [-0.3, -0.25) is 14.4 Å². The fourth-order valence-corrected chi connectivity index (χ4v) is 4.33. The Morgan fingerprint density at radius 2 is 1.70 bits per heavy atom. The van der Waals surface area contributed by atoms with Crippen molar-refractivity contribution in [1.82, 2.24) is 15.5 Å². The van der Waals surface area contributed by atoms with Gasteiger partial charge in [0.15, 0.2) is 0 Å². The molecule has 1 fully saturated rings. The highest BCUT2D eigenvalue weighted by Crippen LogP contribution is 2.41. The van der Waals surface area contributed by atoms with Gasteiger partial charge in [-0.2, -0.15) is 0 Å². The van der Waals surface area contributed by atoms with Crippen molar-refractivity contribution in [1.29, 1.82) is 0 Å². The van der Waals surface area contributed by atoms with Crippen LogP contribution in [-0.4, -0.2) is 70.3 Å². The van der Waals surface area contributed by atoms with Crippen molar-refractivity contribution in [3.8, 4) is 11.5 Å². The molecule has 40 heavy (non-hydrogen) atoms. The van der Waals surface area contributed by atoms with Crippen LogP contribution in [-0.2, 0) is 30.3 Å². The van der Waals surface area contributed by atoms with Crippen LogP contribution in [0.1, 0.15) is 51.3 Å². The molecule has 4 unspecified atom stereocenters. The summed E-state index contributed by atoms with van der Waals surface area (Å²) in [6, 6.07) is 9.49. The molecule has 0 saturated heterocycles. The van der Waals surface area contributed by atoms with E-state index in [9.17, 15) is 29.4 Å². The molecule has 0 spiro atoms. The van der Waals surface area contributed by atoms with E-state index in [4.69, 9.17) is 4.74 Å². The Morgan fingerprint density at radius 3 is 2.25 bits per heavy atom. The number of nitrogens with zero attached hydrogens (tertiary/aromatic N) is 1. The molecule has 0 aliphatic heterocycles. The number of carbonyl (C=O) groups is 4. The van der Waals surface area contributed by atoms with E-state index in [0.717, 1.165) is 0 Å². The topological polar surface area (TPSA) is 154 Å². The molecule has 1 aliphatic carbocycles. The molecule has 0 radical (unpaired) electrons.